The first-order valence-electron chi connectivity index (χ1n) is 13.6. The molecule has 0 aliphatic carbocycles. The number of rotatable bonds is 7. The Labute approximate surface area is 233 Å². The summed E-state index contributed by atoms with van der Waals surface area (Å²) in [5.74, 6) is 0.125. The Kier molecular flexibility index (Phi) is 7.31. The van der Waals surface area contributed by atoms with Gasteiger partial charge in [0, 0.05) is 53.7 Å². The van der Waals surface area contributed by atoms with Gasteiger partial charge in [-0.1, -0.05) is 12.1 Å². The molecule has 0 spiro atoms. The molecule has 1 aliphatic rings. The van der Waals surface area contributed by atoms with Crippen LogP contribution < -0.4 is 5.73 Å². The number of likely N-dealkylation sites (tertiary alicyclic amines) is 1. The second kappa shape index (κ2) is 11.3. The highest BCUT2D eigenvalue weighted by Gasteiger charge is 2.17. The molecule has 202 valence electrons. The van der Waals surface area contributed by atoms with Crippen LogP contribution in [-0.4, -0.2) is 68.0 Å². The fourth-order valence-corrected chi connectivity index (χ4v) is 5.16. The summed E-state index contributed by atoms with van der Waals surface area (Å²) in [7, 11) is 0. The Hall–Kier alpha value is -4.47. The number of piperidine rings is 1. The number of ether oxygens (including phenoxy) is 1. The molecule has 9 nitrogen and oxygen atoms in total. The summed E-state index contributed by atoms with van der Waals surface area (Å²) in [5.41, 5.74) is 13.8. The lowest BCUT2D eigenvalue weighted by Crippen LogP contribution is -2.44. The first-order valence-corrected chi connectivity index (χ1v) is 13.6. The van der Waals surface area contributed by atoms with Crippen LogP contribution in [0.3, 0.4) is 0 Å². The number of nitrogens with one attached hydrogen (secondary N) is 2. The van der Waals surface area contributed by atoms with Crippen LogP contribution in [0.2, 0.25) is 0 Å². The van der Waals surface area contributed by atoms with Crippen LogP contribution in [0.15, 0.2) is 73.3 Å². The highest BCUT2D eigenvalue weighted by molar-refractivity contribution is 5.92. The van der Waals surface area contributed by atoms with Crippen LogP contribution in [-0.2, 0) is 4.74 Å². The molecule has 0 unspecified atom stereocenters. The van der Waals surface area contributed by atoms with E-state index >= 15 is 0 Å². The number of benzene rings is 1. The number of nitrogens with zero attached hydrogens (tertiary/aromatic N) is 5. The normalized spacial score (nSPS) is 15.8. The summed E-state index contributed by atoms with van der Waals surface area (Å²) in [6.45, 7) is 5.14. The zero-order chi connectivity index (χ0) is 27.5. The fourth-order valence-electron chi connectivity index (χ4n) is 5.16. The van der Waals surface area contributed by atoms with Crippen molar-refractivity contribution in [2.75, 3.05) is 26.2 Å². The largest absolute Gasteiger partial charge is 0.476 e. The third-order valence-electron chi connectivity index (χ3n) is 7.26. The van der Waals surface area contributed by atoms with Gasteiger partial charge in [0.1, 0.15) is 6.61 Å². The Balaban J connectivity index is 1.17. The molecule has 5 heterocycles. The Bertz CT molecular complexity index is 1650. The van der Waals surface area contributed by atoms with Crippen LogP contribution in [0.4, 0.5) is 0 Å². The highest BCUT2D eigenvalue weighted by atomic mass is 16.5. The summed E-state index contributed by atoms with van der Waals surface area (Å²) in [6.07, 6.45) is 7.40. The standard InChI is InChI=1S/C31H32N8O/c1-20-4-2-6-28(38-20)30-29(36-19-37-30)21-7-9-26-23(14-21)15-24(17-35-26)27-10-8-22(16-34-27)31(33)40-13-12-39-11-3-5-25(32)18-39/h2,4,6-10,14-17,19,25,33H,3,5,11-13,18,32H2,1H3,(H,36,37)/t25-/m0/s1. The smallest absolute Gasteiger partial charge is 0.214 e. The Morgan fingerprint density at radius 1 is 1.05 bits per heavy atom. The predicted molar refractivity (Wildman–Crippen MR) is 157 cm³/mol. The lowest BCUT2D eigenvalue weighted by molar-refractivity contribution is 0.166. The summed E-state index contributed by atoms with van der Waals surface area (Å²) < 4.78 is 5.70. The van der Waals surface area contributed by atoms with E-state index in [1.54, 1.807) is 12.5 Å². The van der Waals surface area contributed by atoms with Crippen molar-refractivity contribution in [3.05, 3.63) is 84.6 Å². The zero-order valence-corrected chi connectivity index (χ0v) is 22.5. The van der Waals surface area contributed by atoms with Crippen LogP contribution in [0.25, 0.3) is 44.8 Å². The molecule has 1 aromatic carbocycles. The quantitative estimate of drug-likeness (QED) is 0.202. The van der Waals surface area contributed by atoms with E-state index in [0.29, 0.717) is 12.2 Å². The van der Waals surface area contributed by atoms with Crippen molar-refractivity contribution in [2.24, 2.45) is 5.73 Å². The maximum Gasteiger partial charge on any atom is 0.214 e. The lowest BCUT2D eigenvalue weighted by atomic mass is 10.0. The molecule has 0 radical (unpaired) electrons. The molecule has 0 saturated carbocycles. The molecule has 1 saturated heterocycles. The van der Waals surface area contributed by atoms with Gasteiger partial charge in [0.15, 0.2) is 0 Å². The van der Waals surface area contributed by atoms with Gasteiger partial charge < -0.3 is 15.5 Å². The van der Waals surface area contributed by atoms with Crippen molar-refractivity contribution in [3.63, 3.8) is 0 Å². The van der Waals surface area contributed by atoms with Gasteiger partial charge in [0.05, 0.1) is 40.2 Å². The van der Waals surface area contributed by atoms with E-state index in [4.69, 9.17) is 15.9 Å². The SMILES string of the molecule is Cc1cccc(-c2[nH]cnc2-c2ccc3ncc(-c4ccc(C(=N)OCCN5CCC[C@H](N)C5)cn4)cc3c2)n1. The van der Waals surface area contributed by atoms with Gasteiger partial charge in [0.25, 0.3) is 0 Å². The highest BCUT2D eigenvalue weighted by Crippen LogP contribution is 2.31. The molecular formula is C31H32N8O. The molecule has 1 fully saturated rings. The molecule has 0 amide bonds. The van der Waals surface area contributed by atoms with E-state index in [2.05, 4.69) is 42.0 Å². The van der Waals surface area contributed by atoms with Gasteiger partial charge in [0.2, 0.25) is 5.90 Å². The van der Waals surface area contributed by atoms with E-state index in [9.17, 15) is 0 Å². The maximum absolute atomic E-state index is 8.32. The van der Waals surface area contributed by atoms with Gasteiger partial charge in [-0.2, -0.15) is 0 Å². The number of aryl methyl sites for hydroxylation is 1. The summed E-state index contributed by atoms with van der Waals surface area (Å²) in [5, 5.41) is 9.31. The lowest BCUT2D eigenvalue weighted by Gasteiger charge is -2.30. The molecule has 5 aromatic rings. The molecule has 40 heavy (non-hydrogen) atoms. The van der Waals surface area contributed by atoms with E-state index in [0.717, 1.165) is 83.0 Å². The number of hydrogen-bond donors (Lipinski definition) is 3. The van der Waals surface area contributed by atoms with Crippen molar-refractivity contribution in [2.45, 2.75) is 25.8 Å². The number of aromatic nitrogens is 5. The fraction of sp³-hybridized carbons (Fsp3) is 0.258. The second-order valence-corrected chi connectivity index (χ2v) is 10.2. The van der Waals surface area contributed by atoms with Gasteiger partial charge in [-0.25, -0.2) is 4.98 Å². The summed E-state index contributed by atoms with van der Waals surface area (Å²) in [4.78, 5) is 24.1. The minimum absolute atomic E-state index is 0.125. The minimum Gasteiger partial charge on any atom is -0.476 e. The van der Waals surface area contributed by atoms with E-state index in [1.807, 2.05) is 55.6 Å². The van der Waals surface area contributed by atoms with Gasteiger partial charge >= 0.3 is 0 Å². The van der Waals surface area contributed by atoms with Crippen molar-refractivity contribution >= 4 is 16.8 Å². The van der Waals surface area contributed by atoms with Gasteiger partial charge in [-0.05, 0) is 68.8 Å². The number of nitrogens with two attached hydrogens (primary N) is 1. The molecule has 1 aliphatic heterocycles. The number of aromatic amines is 1. The van der Waals surface area contributed by atoms with Crippen LogP contribution in [0.5, 0.6) is 0 Å². The molecule has 4 N–H and O–H groups in total. The summed E-state index contributed by atoms with van der Waals surface area (Å²) >= 11 is 0. The maximum atomic E-state index is 8.32. The molecule has 9 heteroatoms. The van der Waals surface area contributed by atoms with Crippen LogP contribution >= 0.6 is 0 Å². The summed E-state index contributed by atoms with van der Waals surface area (Å²) in [6, 6.07) is 18.2. The third-order valence-corrected chi connectivity index (χ3v) is 7.26. The van der Waals surface area contributed by atoms with Crippen LogP contribution in [0.1, 0.15) is 24.1 Å². The Morgan fingerprint density at radius 2 is 1.95 bits per heavy atom. The minimum atomic E-state index is 0.125. The van der Waals surface area contributed by atoms with E-state index in [-0.39, 0.29) is 11.9 Å². The number of H-pyrrole nitrogens is 1. The second-order valence-electron chi connectivity index (χ2n) is 10.2. The van der Waals surface area contributed by atoms with E-state index in [1.165, 1.54) is 0 Å². The van der Waals surface area contributed by atoms with Crippen molar-refractivity contribution in [1.82, 2.24) is 29.8 Å². The van der Waals surface area contributed by atoms with Crippen molar-refractivity contribution in [1.29, 1.82) is 5.41 Å². The molecule has 0 bridgehead atoms. The average Bonchev–Trinajstić information content (AvgIpc) is 3.47. The Morgan fingerprint density at radius 3 is 2.77 bits per heavy atom. The average molecular weight is 533 g/mol. The topological polar surface area (TPSA) is 130 Å². The molecule has 4 aromatic heterocycles. The third kappa shape index (κ3) is 5.61. The molecule has 1 atom stereocenters. The molecular weight excluding hydrogens is 500 g/mol. The monoisotopic (exact) mass is 532 g/mol. The number of fused-ring (bicyclic) bond motifs is 1. The van der Waals surface area contributed by atoms with Crippen molar-refractivity contribution < 1.29 is 4.74 Å². The van der Waals surface area contributed by atoms with Gasteiger partial charge in [-0.15, -0.1) is 0 Å². The van der Waals surface area contributed by atoms with Crippen molar-refractivity contribution in [3.8, 4) is 33.9 Å². The van der Waals surface area contributed by atoms with Gasteiger partial charge in [-0.3, -0.25) is 25.3 Å². The first kappa shape index (κ1) is 25.8. The number of pyridine rings is 3. The van der Waals surface area contributed by atoms with E-state index < -0.39 is 0 Å². The zero-order valence-electron chi connectivity index (χ0n) is 22.5. The first-order chi connectivity index (χ1) is 19.5. The van der Waals surface area contributed by atoms with Crippen LogP contribution in [0, 0.1) is 12.3 Å². The number of imidazole rings is 1. The molecule has 6 rings (SSSR count). The number of hydrogen-bond acceptors (Lipinski definition) is 8. The predicted octanol–water partition coefficient (Wildman–Crippen LogP) is 4.82.